The van der Waals surface area contributed by atoms with Crippen LogP contribution in [0.5, 0.6) is 0 Å². The van der Waals surface area contributed by atoms with Gasteiger partial charge in [-0.15, -0.1) is 22.7 Å². The van der Waals surface area contributed by atoms with Crippen LogP contribution in [0.2, 0.25) is 0 Å². The van der Waals surface area contributed by atoms with Crippen molar-refractivity contribution in [2.45, 2.75) is 39.5 Å². The van der Waals surface area contributed by atoms with Crippen molar-refractivity contribution < 1.29 is 4.79 Å². The van der Waals surface area contributed by atoms with E-state index in [0.717, 1.165) is 30.2 Å². The molecule has 1 aliphatic heterocycles. The Morgan fingerprint density at radius 1 is 1.48 bits per heavy atom. The zero-order chi connectivity index (χ0) is 17.6. The lowest BCUT2D eigenvalue weighted by molar-refractivity contribution is -0.122. The fraction of sp³-hybridized carbons (Fsp3) is 0.579. The first-order valence-corrected chi connectivity index (χ1v) is 10.8. The number of thiophene rings is 1. The summed E-state index contributed by atoms with van der Waals surface area (Å²) in [6, 6.07) is 4.28. The second kappa shape index (κ2) is 8.92. The van der Waals surface area contributed by atoms with Crippen molar-refractivity contribution in [3.8, 4) is 10.6 Å². The Bertz CT molecular complexity index is 688. The third kappa shape index (κ3) is 5.36. The molecule has 2 aromatic rings. The molecule has 2 aromatic heterocycles. The highest BCUT2D eigenvalue weighted by atomic mass is 32.1. The Kier molecular flexibility index (Phi) is 6.62. The molecule has 0 radical (unpaired) electrons. The van der Waals surface area contributed by atoms with Crippen LogP contribution in [0.25, 0.3) is 10.6 Å². The highest BCUT2D eigenvalue weighted by Gasteiger charge is 2.21. The standard InChI is InChI=1S/C19H27N3OS2/c1-13(15-4-3-8-20-11-15)10-19(23)21-9-7-16-5-6-18(25-16)17-12-24-14(2)22-17/h5-6,12-13,15,20H,3-4,7-11H2,1-2H3,(H,21,23). The summed E-state index contributed by atoms with van der Waals surface area (Å²) in [5, 5.41) is 9.73. The van der Waals surface area contributed by atoms with E-state index in [1.807, 2.05) is 6.92 Å². The van der Waals surface area contributed by atoms with Gasteiger partial charge in [-0.2, -0.15) is 0 Å². The van der Waals surface area contributed by atoms with Crippen molar-refractivity contribution in [3.63, 3.8) is 0 Å². The summed E-state index contributed by atoms with van der Waals surface area (Å²) in [6.45, 7) is 7.13. The Morgan fingerprint density at radius 3 is 3.08 bits per heavy atom. The van der Waals surface area contributed by atoms with Crippen LogP contribution < -0.4 is 10.6 Å². The molecule has 0 spiro atoms. The van der Waals surface area contributed by atoms with E-state index >= 15 is 0 Å². The summed E-state index contributed by atoms with van der Waals surface area (Å²) in [5.41, 5.74) is 1.07. The van der Waals surface area contributed by atoms with Crippen LogP contribution in [0, 0.1) is 18.8 Å². The van der Waals surface area contributed by atoms with Crippen molar-refractivity contribution in [2.75, 3.05) is 19.6 Å². The van der Waals surface area contributed by atoms with Crippen LogP contribution in [-0.4, -0.2) is 30.5 Å². The number of carbonyl (C=O) groups excluding carboxylic acids is 1. The van der Waals surface area contributed by atoms with E-state index in [4.69, 9.17) is 0 Å². The van der Waals surface area contributed by atoms with Crippen LogP contribution in [0.3, 0.4) is 0 Å². The number of thiazole rings is 1. The zero-order valence-electron chi connectivity index (χ0n) is 15.0. The van der Waals surface area contributed by atoms with E-state index in [9.17, 15) is 4.79 Å². The molecule has 2 atom stereocenters. The van der Waals surface area contributed by atoms with Crippen LogP contribution in [0.15, 0.2) is 17.5 Å². The minimum atomic E-state index is 0.185. The highest BCUT2D eigenvalue weighted by molar-refractivity contribution is 7.16. The SMILES string of the molecule is Cc1nc(-c2ccc(CCNC(=O)CC(C)C3CCCNC3)s2)cs1. The summed E-state index contributed by atoms with van der Waals surface area (Å²) in [5.74, 6) is 1.28. The maximum atomic E-state index is 12.2. The van der Waals surface area contributed by atoms with Crippen LogP contribution in [-0.2, 0) is 11.2 Å². The molecular formula is C19H27N3OS2. The quantitative estimate of drug-likeness (QED) is 0.770. The third-order valence-corrected chi connectivity index (χ3v) is 6.81. The molecule has 136 valence electrons. The maximum Gasteiger partial charge on any atom is 0.220 e. The Morgan fingerprint density at radius 2 is 2.36 bits per heavy atom. The number of nitrogens with zero attached hydrogens (tertiary/aromatic N) is 1. The third-order valence-electron chi connectivity index (χ3n) is 4.87. The van der Waals surface area contributed by atoms with E-state index in [2.05, 4.69) is 40.1 Å². The van der Waals surface area contributed by atoms with Gasteiger partial charge < -0.3 is 10.6 Å². The lowest BCUT2D eigenvalue weighted by Gasteiger charge is -2.28. The van der Waals surface area contributed by atoms with E-state index in [0.29, 0.717) is 24.8 Å². The van der Waals surface area contributed by atoms with Crippen LogP contribution in [0.4, 0.5) is 0 Å². The van der Waals surface area contributed by atoms with E-state index < -0.39 is 0 Å². The van der Waals surface area contributed by atoms with Crippen molar-refractivity contribution in [1.29, 1.82) is 0 Å². The first kappa shape index (κ1) is 18.5. The topological polar surface area (TPSA) is 54.0 Å². The molecular weight excluding hydrogens is 350 g/mol. The van der Waals surface area contributed by atoms with Gasteiger partial charge in [0.25, 0.3) is 0 Å². The minimum absolute atomic E-state index is 0.185. The number of amides is 1. The number of piperidine rings is 1. The smallest absolute Gasteiger partial charge is 0.220 e. The lowest BCUT2D eigenvalue weighted by atomic mass is 9.85. The summed E-state index contributed by atoms with van der Waals surface area (Å²) < 4.78 is 0. The average Bonchev–Trinajstić information content (AvgIpc) is 3.24. The molecule has 0 saturated carbocycles. The summed E-state index contributed by atoms with van der Waals surface area (Å²) >= 11 is 3.45. The monoisotopic (exact) mass is 377 g/mol. The number of carbonyl (C=O) groups is 1. The van der Waals surface area contributed by atoms with Crippen molar-refractivity contribution in [3.05, 3.63) is 27.4 Å². The molecule has 0 aromatic carbocycles. The first-order chi connectivity index (χ1) is 12.1. The highest BCUT2D eigenvalue weighted by Crippen LogP contribution is 2.29. The van der Waals surface area contributed by atoms with Gasteiger partial charge in [0, 0.05) is 23.2 Å². The normalized spacial score (nSPS) is 18.9. The number of hydrogen-bond donors (Lipinski definition) is 2. The summed E-state index contributed by atoms with van der Waals surface area (Å²) in [7, 11) is 0. The molecule has 1 amide bonds. The maximum absolute atomic E-state index is 12.2. The van der Waals surface area contributed by atoms with Crippen LogP contribution >= 0.6 is 22.7 Å². The molecule has 2 unspecified atom stereocenters. The number of aromatic nitrogens is 1. The molecule has 0 aliphatic carbocycles. The Labute approximate surface area is 158 Å². The number of aryl methyl sites for hydroxylation is 1. The van der Waals surface area contributed by atoms with Gasteiger partial charge in [0.05, 0.1) is 15.6 Å². The minimum Gasteiger partial charge on any atom is -0.356 e. The van der Waals surface area contributed by atoms with Crippen molar-refractivity contribution in [1.82, 2.24) is 15.6 Å². The second-order valence-electron chi connectivity index (χ2n) is 6.91. The fourth-order valence-corrected chi connectivity index (χ4v) is 5.00. The van der Waals surface area contributed by atoms with Gasteiger partial charge in [0.15, 0.2) is 0 Å². The van der Waals surface area contributed by atoms with Gasteiger partial charge in [0.2, 0.25) is 5.91 Å². The van der Waals surface area contributed by atoms with Crippen molar-refractivity contribution in [2.24, 2.45) is 11.8 Å². The molecule has 2 N–H and O–H groups in total. The Balaban J connectivity index is 1.40. The fourth-order valence-electron chi connectivity index (χ4n) is 3.35. The number of nitrogens with one attached hydrogen (secondary N) is 2. The predicted octanol–water partition coefficient (Wildman–Crippen LogP) is 3.86. The van der Waals surface area contributed by atoms with Gasteiger partial charge >= 0.3 is 0 Å². The molecule has 3 rings (SSSR count). The molecule has 3 heterocycles. The molecule has 1 saturated heterocycles. The summed E-state index contributed by atoms with van der Waals surface area (Å²) in [6.07, 6.45) is 4.00. The molecule has 25 heavy (non-hydrogen) atoms. The molecule has 1 fully saturated rings. The molecule has 6 heteroatoms. The van der Waals surface area contributed by atoms with E-state index in [1.54, 1.807) is 22.7 Å². The lowest BCUT2D eigenvalue weighted by Crippen LogP contribution is -2.35. The van der Waals surface area contributed by atoms with Gasteiger partial charge in [0.1, 0.15) is 0 Å². The molecule has 0 bridgehead atoms. The molecule has 4 nitrogen and oxygen atoms in total. The largest absolute Gasteiger partial charge is 0.356 e. The second-order valence-corrected chi connectivity index (χ2v) is 9.14. The summed E-state index contributed by atoms with van der Waals surface area (Å²) in [4.78, 5) is 19.2. The van der Waals surface area contributed by atoms with Gasteiger partial charge in [-0.25, -0.2) is 4.98 Å². The number of hydrogen-bond acceptors (Lipinski definition) is 5. The number of rotatable bonds is 7. The van der Waals surface area contributed by atoms with Crippen molar-refractivity contribution >= 4 is 28.6 Å². The van der Waals surface area contributed by atoms with Gasteiger partial charge in [-0.05, 0) is 63.2 Å². The van der Waals surface area contributed by atoms with Crippen LogP contribution in [0.1, 0.15) is 36.1 Å². The first-order valence-electron chi connectivity index (χ1n) is 9.10. The van der Waals surface area contributed by atoms with Gasteiger partial charge in [-0.1, -0.05) is 6.92 Å². The Hall–Kier alpha value is -1.24. The predicted molar refractivity (Wildman–Crippen MR) is 106 cm³/mol. The van der Waals surface area contributed by atoms with E-state index in [-0.39, 0.29) is 5.91 Å². The van der Waals surface area contributed by atoms with Gasteiger partial charge in [-0.3, -0.25) is 4.79 Å². The molecule has 1 aliphatic rings. The average molecular weight is 378 g/mol. The van der Waals surface area contributed by atoms with E-state index in [1.165, 1.54) is 22.6 Å². The zero-order valence-corrected chi connectivity index (χ0v) is 16.6.